The molecule has 0 spiro atoms. The smallest absolute Gasteiger partial charge is 0.0984 e. The number of hydrogen-bond donors (Lipinski definition) is 2. The third-order valence-electron chi connectivity index (χ3n) is 4.09. The average Bonchev–Trinajstić information content (AvgIpc) is 2.64. The second-order valence-electron chi connectivity index (χ2n) is 6.61. The van der Waals surface area contributed by atoms with Crippen LogP contribution in [-0.2, 0) is 5.60 Å². The van der Waals surface area contributed by atoms with Crippen LogP contribution in [0.3, 0.4) is 0 Å². The minimum Gasteiger partial charge on any atom is -0.386 e. The monoisotopic (exact) mass is 404 g/mol. The van der Waals surface area contributed by atoms with Crippen molar-refractivity contribution in [2.24, 2.45) is 0 Å². The number of halogens is 2. The Balaban J connectivity index is 0.00000126. The van der Waals surface area contributed by atoms with Crippen LogP contribution in [0.15, 0.2) is 48.7 Å². The molecule has 0 fully saturated rings. The first-order chi connectivity index (χ1) is 12.8. The lowest BCUT2D eigenvalue weighted by Gasteiger charge is -2.18. The molecule has 2 aromatic carbocycles. The van der Waals surface area contributed by atoms with Crippen molar-refractivity contribution >= 4 is 39.8 Å². The number of alkyl halides is 1. The highest BCUT2D eigenvalue weighted by molar-refractivity contribution is 6.35. The lowest BCUT2D eigenvalue weighted by Crippen LogP contribution is -2.14. The van der Waals surface area contributed by atoms with E-state index in [1.807, 2.05) is 57.2 Å². The maximum atomic E-state index is 10.1. The van der Waals surface area contributed by atoms with Gasteiger partial charge in [0.05, 0.1) is 27.3 Å². The number of anilines is 1. The van der Waals surface area contributed by atoms with Crippen molar-refractivity contribution in [3.8, 4) is 11.1 Å². The van der Waals surface area contributed by atoms with Crippen LogP contribution in [0.5, 0.6) is 0 Å². The number of aromatic nitrogens is 1. The van der Waals surface area contributed by atoms with Crippen LogP contribution >= 0.6 is 23.2 Å². The van der Waals surface area contributed by atoms with Gasteiger partial charge < -0.3 is 10.4 Å². The Morgan fingerprint density at radius 1 is 1.04 bits per heavy atom. The summed E-state index contributed by atoms with van der Waals surface area (Å²) in [5.41, 5.74) is 3.50. The average molecular weight is 405 g/mol. The quantitative estimate of drug-likeness (QED) is 0.370. The number of aliphatic hydroxyl groups is 1. The normalized spacial score (nSPS) is 12.3. The van der Waals surface area contributed by atoms with E-state index in [-0.39, 0.29) is 5.50 Å². The summed E-state index contributed by atoms with van der Waals surface area (Å²) < 4.78 is 0. The predicted molar refractivity (Wildman–Crippen MR) is 118 cm³/mol. The van der Waals surface area contributed by atoms with Crippen molar-refractivity contribution in [3.63, 3.8) is 0 Å². The topological polar surface area (TPSA) is 45.2 Å². The molecule has 0 saturated heterocycles. The minimum absolute atomic E-state index is 0.252. The summed E-state index contributed by atoms with van der Waals surface area (Å²) in [4.78, 5) is 4.38. The summed E-state index contributed by atoms with van der Waals surface area (Å²) in [6.45, 7) is 9.40. The van der Waals surface area contributed by atoms with Crippen LogP contribution in [0, 0.1) is 0 Å². The molecule has 1 heterocycles. The van der Waals surface area contributed by atoms with Crippen molar-refractivity contribution in [2.75, 3.05) is 5.32 Å². The van der Waals surface area contributed by atoms with Gasteiger partial charge >= 0.3 is 0 Å². The zero-order valence-corrected chi connectivity index (χ0v) is 17.9. The van der Waals surface area contributed by atoms with Gasteiger partial charge in [-0.25, -0.2) is 0 Å². The standard InChI is InChI=1S/C20H20Cl2N2O.C2H6/c1-12(21)24-19-16-10-14(6-9-18(16)23-11-17(19)22)13-4-7-15(8-5-13)20(2,3)25;1-2/h4-12,25H,1-3H3,(H,23,24);1-2H3. The number of hydrogen-bond acceptors (Lipinski definition) is 3. The molecule has 0 saturated carbocycles. The Hall–Kier alpha value is -1.81. The molecule has 5 heteroatoms. The van der Waals surface area contributed by atoms with E-state index >= 15 is 0 Å². The molecule has 3 nitrogen and oxygen atoms in total. The van der Waals surface area contributed by atoms with E-state index in [9.17, 15) is 5.11 Å². The molecule has 3 rings (SSSR count). The van der Waals surface area contributed by atoms with Crippen LogP contribution in [0.1, 0.15) is 40.2 Å². The predicted octanol–water partition coefficient (Wildman–Crippen LogP) is 6.81. The Morgan fingerprint density at radius 3 is 2.19 bits per heavy atom. The summed E-state index contributed by atoms with van der Waals surface area (Å²) in [5.74, 6) is 0. The number of nitrogens with one attached hydrogen (secondary N) is 1. The van der Waals surface area contributed by atoms with Gasteiger partial charge in [0.15, 0.2) is 0 Å². The van der Waals surface area contributed by atoms with E-state index in [2.05, 4.69) is 16.4 Å². The van der Waals surface area contributed by atoms with E-state index in [1.165, 1.54) is 0 Å². The van der Waals surface area contributed by atoms with Gasteiger partial charge in [-0.3, -0.25) is 4.98 Å². The zero-order valence-electron chi connectivity index (χ0n) is 16.3. The lowest BCUT2D eigenvalue weighted by molar-refractivity contribution is 0.0786. The first kappa shape index (κ1) is 21.5. The summed E-state index contributed by atoms with van der Waals surface area (Å²) in [6.07, 6.45) is 1.63. The summed E-state index contributed by atoms with van der Waals surface area (Å²) >= 11 is 12.4. The molecule has 2 N–H and O–H groups in total. The Labute approximate surface area is 171 Å². The molecule has 0 aliphatic rings. The fourth-order valence-electron chi connectivity index (χ4n) is 2.76. The van der Waals surface area contributed by atoms with Gasteiger partial charge in [0.25, 0.3) is 0 Å². The molecule has 27 heavy (non-hydrogen) atoms. The molecule has 1 unspecified atom stereocenters. The molecular formula is C22H26Cl2N2O. The van der Waals surface area contributed by atoms with Gasteiger partial charge in [0.1, 0.15) is 0 Å². The summed E-state index contributed by atoms with van der Waals surface area (Å²) in [7, 11) is 0. The molecule has 1 aromatic heterocycles. The van der Waals surface area contributed by atoms with Crippen molar-refractivity contribution < 1.29 is 5.11 Å². The van der Waals surface area contributed by atoms with E-state index in [4.69, 9.17) is 23.2 Å². The van der Waals surface area contributed by atoms with Crippen LogP contribution < -0.4 is 5.32 Å². The van der Waals surface area contributed by atoms with Crippen molar-refractivity contribution in [2.45, 2.75) is 45.7 Å². The summed E-state index contributed by atoms with van der Waals surface area (Å²) in [5, 5.41) is 14.7. The molecule has 144 valence electrons. The highest BCUT2D eigenvalue weighted by Crippen LogP contribution is 2.34. The largest absolute Gasteiger partial charge is 0.386 e. The number of benzene rings is 2. The van der Waals surface area contributed by atoms with Crippen molar-refractivity contribution in [1.82, 2.24) is 4.98 Å². The Kier molecular flexibility index (Phi) is 7.10. The molecule has 0 bridgehead atoms. The van der Waals surface area contributed by atoms with Gasteiger partial charge in [-0.15, -0.1) is 0 Å². The number of rotatable bonds is 4. The highest BCUT2D eigenvalue weighted by Gasteiger charge is 2.16. The van der Waals surface area contributed by atoms with Crippen LogP contribution in [0.25, 0.3) is 22.0 Å². The van der Waals surface area contributed by atoms with Crippen molar-refractivity contribution in [3.05, 3.63) is 59.2 Å². The van der Waals surface area contributed by atoms with E-state index < -0.39 is 5.60 Å². The van der Waals surface area contributed by atoms with Gasteiger partial charge in [-0.05, 0) is 49.6 Å². The minimum atomic E-state index is -0.854. The van der Waals surface area contributed by atoms with Gasteiger partial charge in [-0.2, -0.15) is 0 Å². The lowest BCUT2D eigenvalue weighted by atomic mass is 9.95. The third kappa shape index (κ3) is 5.13. The molecule has 0 radical (unpaired) electrons. The van der Waals surface area contributed by atoms with E-state index in [1.54, 1.807) is 20.0 Å². The van der Waals surface area contributed by atoms with Crippen LogP contribution in [0.4, 0.5) is 5.69 Å². The SMILES string of the molecule is CC.CC(Cl)Nc1c(Cl)cnc2ccc(-c3ccc(C(C)(C)O)cc3)cc12. The van der Waals surface area contributed by atoms with E-state index in [0.29, 0.717) is 5.02 Å². The molecule has 0 aliphatic carbocycles. The first-order valence-corrected chi connectivity index (χ1v) is 9.89. The zero-order chi connectivity index (χ0) is 20.2. The Morgan fingerprint density at radius 2 is 1.63 bits per heavy atom. The molecule has 3 aromatic rings. The van der Waals surface area contributed by atoms with Gasteiger partial charge in [0, 0.05) is 11.6 Å². The van der Waals surface area contributed by atoms with Crippen molar-refractivity contribution in [1.29, 1.82) is 0 Å². The molecule has 0 aliphatic heterocycles. The van der Waals surface area contributed by atoms with Crippen LogP contribution in [0.2, 0.25) is 5.02 Å². The highest BCUT2D eigenvalue weighted by atomic mass is 35.5. The second-order valence-corrected chi connectivity index (χ2v) is 7.67. The fraction of sp³-hybridized carbons (Fsp3) is 0.318. The van der Waals surface area contributed by atoms with Gasteiger partial charge in [-0.1, -0.05) is 67.4 Å². The number of fused-ring (bicyclic) bond motifs is 1. The van der Waals surface area contributed by atoms with Gasteiger partial charge in [0.2, 0.25) is 0 Å². The third-order valence-corrected chi connectivity index (χ3v) is 4.49. The molecular weight excluding hydrogens is 379 g/mol. The summed E-state index contributed by atoms with van der Waals surface area (Å²) in [6, 6.07) is 13.9. The second kappa shape index (κ2) is 8.92. The first-order valence-electron chi connectivity index (χ1n) is 9.08. The van der Waals surface area contributed by atoms with E-state index in [0.717, 1.165) is 33.3 Å². The number of nitrogens with zero attached hydrogens (tertiary/aromatic N) is 1. The Bertz CT molecular complexity index is 901. The number of pyridine rings is 1. The molecule has 1 atom stereocenters. The maximum Gasteiger partial charge on any atom is 0.0984 e. The van der Waals surface area contributed by atoms with Crippen LogP contribution in [-0.4, -0.2) is 15.6 Å². The fourth-order valence-corrected chi connectivity index (χ4v) is 3.08. The molecule has 0 amide bonds. The maximum absolute atomic E-state index is 10.1.